The minimum Gasteiger partial charge on any atom is -0.383 e. The van der Waals surface area contributed by atoms with Gasteiger partial charge in [-0.15, -0.1) is 0 Å². The fourth-order valence-electron chi connectivity index (χ4n) is 2.05. The number of hydrogen-bond donors (Lipinski definition) is 1. The van der Waals surface area contributed by atoms with Gasteiger partial charge in [-0.05, 0) is 18.6 Å². The summed E-state index contributed by atoms with van der Waals surface area (Å²) in [7, 11) is 1.69. The first kappa shape index (κ1) is 16.3. The van der Waals surface area contributed by atoms with Crippen molar-refractivity contribution in [2.24, 2.45) is 0 Å². The van der Waals surface area contributed by atoms with Crippen LogP contribution in [-0.2, 0) is 17.8 Å². The van der Waals surface area contributed by atoms with Crippen LogP contribution in [0.25, 0.3) is 0 Å². The van der Waals surface area contributed by atoms with E-state index in [2.05, 4.69) is 17.3 Å². The van der Waals surface area contributed by atoms with Gasteiger partial charge in [-0.2, -0.15) is 5.10 Å². The SMILES string of the molecule is COCCNCc1cnn(Cc2cccc(Cl)c2Cl)c1C. The Morgan fingerprint density at radius 3 is 2.86 bits per heavy atom. The van der Waals surface area contributed by atoms with Crippen molar-refractivity contribution in [3.05, 3.63) is 51.3 Å². The molecule has 114 valence electrons. The van der Waals surface area contributed by atoms with E-state index in [1.165, 1.54) is 5.56 Å². The van der Waals surface area contributed by atoms with Crippen molar-refractivity contribution in [3.8, 4) is 0 Å². The lowest BCUT2D eigenvalue weighted by atomic mass is 10.2. The zero-order valence-corrected chi connectivity index (χ0v) is 13.7. The first-order chi connectivity index (χ1) is 10.1. The summed E-state index contributed by atoms with van der Waals surface area (Å²) in [5.74, 6) is 0. The number of hydrogen-bond acceptors (Lipinski definition) is 3. The van der Waals surface area contributed by atoms with Crippen LogP contribution in [-0.4, -0.2) is 30.0 Å². The largest absolute Gasteiger partial charge is 0.383 e. The molecule has 0 saturated heterocycles. The predicted molar refractivity (Wildman–Crippen MR) is 86.1 cm³/mol. The Hall–Kier alpha value is -1.07. The normalized spacial score (nSPS) is 11.0. The van der Waals surface area contributed by atoms with E-state index in [-0.39, 0.29) is 0 Å². The fraction of sp³-hybridized carbons (Fsp3) is 0.400. The molecule has 0 radical (unpaired) electrons. The number of methoxy groups -OCH3 is 1. The molecule has 0 saturated carbocycles. The number of aromatic nitrogens is 2. The summed E-state index contributed by atoms with van der Waals surface area (Å²) in [6.45, 7) is 4.97. The molecule has 21 heavy (non-hydrogen) atoms. The van der Waals surface area contributed by atoms with E-state index >= 15 is 0 Å². The number of benzene rings is 1. The van der Waals surface area contributed by atoms with Crippen LogP contribution >= 0.6 is 23.2 Å². The lowest BCUT2D eigenvalue weighted by Gasteiger charge is -2.09. The summed E-state index contributed by atoms with van der Waals surface area (Å²) >= 11 is 12.3. The maximum atomic E-state index is 6.22. The maximum absolute atomic E-state index is 6.22. The molecule has 0 atom stereocenters. The van der Waals surface area contributed by atoms with Gasteiger partial charge in [0, 0.05) is 31.5 Å². The van der Waals surface area contributed by atoms with Crippen LogP contribution in [0.5, 0.6) is 0 Å². The van der Waals surface area contributed by atoms with Crippen LogP contribution in [0, 0.1) is 6.92 Å². The Bertz CT molecular complexity index is 599. The van der Waals surface area contributed by atoms with Crippen molar-refractivity contribution in [1.29, 1.82) is 0 Å². The Morgan fingerprint density at radius 1 is 1.29 bits per heavy atom. The molecular formula is C15H19Cl2N3O. The summed E-state index contributed by atoms with van der Waals surface area (Å²) in [5.41, 5.74) is 3.26. The topological polar surface area (TPSA) is 39.1 Å². The molecule has 0 amide bonds. The van der Waals surface area contributed by atoms with Crippen LogP contribution in [0.4, 0.5) is 0 Å². The highest BCUT2D eigenvalue weighted by Crippen LogP contribution is 2.26. The van der Waals surface area contributed by atoms with Gasteiger partial charge in [-0.1, -0.05) is 35.3 Å². The Balaban J connectivity index is 2.04. The molecule has 0 bridgehead atoms. The van der Waals surface area contributed by atoms with Crippen LogP contribution in [0.1, 0.15) is 16.8 Å². The van der Waals surface area contributed by atoms with Gasteiger partial charge in [0.15, 0.2) is 0 Å². The molecule has 4 nitrogen and oxygen atoms in total. The molecular weight excluding hydrogens is 309 g/mol. The number of ether oxygens (including phenoxy) is 1. The summed E-state index contributed by atoms with van der Waals surface area (Å²) in [4.78, 5) is 0. The molecule has 0 unspecified atom stereocenters. The Morgan fingerprint density at radius 2 is 2.10 bits per heavy atom. The molecule has 0 aliphatic heterocycles. The number of nitrogens with one attached hydrogen (secondary N) is 1. The van der Waals surface area contributed by atoms with Gasteiger partial charge in [0.2, 0.25) is 0 Å². The second-order valence-electron chi connectivity index (χ2n) is 4.80. The number of nitrogens with zero attached hydrogens (tertiary/aromatic N) is 2. The summed E-state index contributed by atoms with van der Waals surface area (Å²) in [6, 6.07) is 5.65. The van der Waals surface area contributed by atoms with Gasteiger partial charge in [-0.25, -0.2) is 0 Å². The fourth-order valence-corrected chi connectivity index (χ4v) is 2.43. The molecule has 1 aromatic carbocycles. The van der Waals surface area contributed by atoms with Gasteiger partial charge in [-0.3, -0.25) is 4.68 Å². The standard InChI is InChI=1S/C15H19Cl2N3O/c1-11-13(8-18-6-7-21-2)9-19-20(11)10-12-4-3-5-14(16)15(12)17/h3-5,9,18H,6-8,10H2,1-2H3. The molecule has 0 spiro atoms. The van der Waals surface area contributed by atoms with Crippen LogP contribution in [0.2, 0.25) is 10.0 Å². The Kier molecular flexibility index (Phi) is 6.06. The third kappa shape index (κ3) is 4.20. The summed E-state index contributed by atoms with van der Waals surface area (Å²) in [6.07, 6.45) is 1.88. The van der Waals surface area contributed by atoms with E-state index in [4.69, 9.17) is 27.9 Å². The third-order valence-electron chi connectivity index (χ3n) is 3.35. The molecule has 0 fully saturated rings. The molecule has 0 aliphatic carbocycles. The third-order valence-corrected chi connectivity index (χ3v) is 4.21. The van der Waals surface area contributed by atoms with Crippen molar-refractivity contribution < 1.29 is 4.74 Å². The minimum atomic E-state index is 0.570. The average Bonchev–Trinajstić information content (AvgIpc) is 2.81. The van der Waals surface area contributed by atoms with Gasteiger partial charge in [0.05, 0.1) is 29.4 Å². The van der Waals surface area contributed by atoms with E-state index in [0.717, 1.165) is 24.3 Å². The molecule has 1 N–H and O–H groups in total. The van der Waals surface area contributed by atoms with Crippen molar-refractivity contribution in [1.82, 2.24) is 15.1 Å². The van der Waals surface area contributed by atoms with Crippen molar-refractivity contribution >= 4 is 23.2 Å². The van der Waals surface area contributed by atoms with E-state index in [1.807, 2.05) is 23.0 Å². The summed E-state index contributed by atoms with van der Waals surface area (Å²) < 4.78 is 6.94. The molecule has 2 aromatic rings. The second-order valence-corrected chi connectivity index (χ2v) is 5.58. The molecule has 6 heteroatoms. The highest BCUT2D eigenvalue weighted by atomic mass is 35.5. The second kappa shape index (κ2) is 7.80. The van der Waals surface area contributed by atoms with Crippen molar-refractivity contribution in [2.45, 2.75) is 20.0 Å². The maximum Gasteiger partial charge on any atom is 0.0677 e. The first-order valence-electron chi connectivity index (χ1n) is 6.77. The molecule has 0 aliphatic rings. The zero-order chi connectivity index (χ0) is 15.2. The monoisotopic (exact) mass is 327 g/mol. The minimum absolute atomic E-state index is 0.570. The quantitative estimate of drug-likeness (QED) is 0.793. The predicted octanol–water partition coefficient (Wildman–Crippen LogP) is 3.28. The average molecular weight is 328 g/mol. The highest BCUT2D eigenvalue weighted by molar-refractivity contribution is 6.42. The van der Waals surface area contributed by atoms with Gasteiger partial charge in [0.25, 0.3) is 0 Å². The Labute approximate surface area is 135 Å². The highest BCUT2D eigenvalue weighted by Gasteiger charge is 2.09. The zero-order valence-electron chi connectivity index (χ0n) is 12.2. The molecule has 2 rings (SSSR count). The lowest BCUT2D eigenvalue weighted by molar-refractivity contribution is 0.199. The lowest BCUT2D eigenvalue weighted by Crippen LogP contribution is -2.19. The van der Waals surface area contributed by atoms with Crippen molar-refractivity contribution in [3.63, 3.8) is 0 Å². The number of halogens is 2. The van der Waals surface area contributed by atoms with Crippen LogP contribution in [0.3, 0.4) is 0 Å². The molecule has 1 aromatic heterocycles. The van der Waals surface area contributed by atoms with Gasteiger partial charge >= 0.3 is 0 Å². The van der Waals surface area contributed by atoms with E-state index in [1.54, 1.807) is 13.2 Å². The first-order valence-corrected chi connectivity index (χ1v) is 7.53. The van der Waals surface area contributed by atoms with Gasteiger partial charge in [0.1, 0.15) is 0 Å². The van der Waals surface area contributed by atoms with Crippen molar-refractivity contribution in [2.75, 3.05) is 20.3 Å². The van der Waals surface area contributed by atoms with Crippen LogP contribution < -0.4 is 5.32 Å². The molecule has 1 heterocycles. The van der Waals surface area contributed by atoms with E-state index in [9.17, 15) is 0 Å². The van der Waals surface area contributed by atoms with Crippen LogP contribution in [0.15, 0.2) is 24.4 Å². The number of rotatable bonds is 7. The summed E-state index contributed by atoms with van der Waals surface area (Å²) in [5, 5.41) is 8.90. The van der Waals surface area contributed by atoms with E-state index in [0.29, 0.717) is 23.2 Å². The smallest absolute Gasteiger partial charge is 0.0677 e. The van der Waals surface area contributed by atoms with Gasteiger partial charge < -0.3 is 10.1 Å². The van der Waals surface area contributed by atoms with E-state index < -0.39 is 0 Å².